The smallest absolute Gasteiger partial charge is 0.131 e. The second kappa shape index (κ2) is 7.86. The van der Waals surface area contributed by atoms with Crippen LogP contribution in [-0.4, -0.2) is 31.1 Å². The van der Waals surface area contributed by atoms with Gasteiger partial charge in [-0.1, -0.05) is 37.3 Å². The predicted octanol–water partition coefficient (Wildman–Crippen LogP) is 3.91. The molecule has 0 bridgehead atoms. The van der Waals surface area contributed by atoms with E-state index < -0.39 is 11.6 Å². The number of benzene rings is 2. The molecule has 1 aliphatic heterocycles. The van der Waals surface area contributed by atoms with E-state index in [0.717, 1.165) is 50.7 Å². The van der Waals surface area contributed by atoms with Crippen LogP contribution in [0, 0.1) is 11.6 Å². The summed E-state index contributed by atoms with van der Waals surface area (Å²) in [5.41, 5.74) is 2.86. The Morgan fingerprint density at radius 3 is 2.54 bits per heavy atom. The minimum atomic E-state index is -0.533. The fraction of sp³-hybridized carbons (Fsp3) is 0.400. The van der Waals surface area contributed by atoms with Crippen LogP contribution in [-0.2, 0) is 6.42 Å². The molecule has 2 aromatic rings. The van der Waals surface area contributed by atoms with Gasteiger partial charge in [-0.2, -0.15) is 0 Å². The number of hydrogen-bond acceptors (Lipinski definition) is 2. The summed E-state index contributed by atoms with van der Waals surface area (Å²) in [6, 6.07) is 12.1. The predicted molar refractivity (Wildman–Crippen MR) is 93.1 cm³/mol. The summed E-state index contributed by atoms with van der Waals surface area (Å²) in [7, 11) is 0. The summed E-state index contributed by atoms with van der Waals surface area (Å²) in [5.74, 6) is -1.01. The van der Waals surface area contributed by atoms with Gasteiger partial charge in [0, 0.05) is 31.3 Å². The second-order valence-electron chi connectivity index (χ2n) is 6.30. The Kier molecular flexibility index (Phi) is 5.59. The SMILES string of the molecule is CCc1ccc(C(c2ccc(F)cc2F)N2CCCNCC2)cc1. The molecule has 1 atom stereocenters. The van der Waals surface area contributed by atoms with Crippen molar-refractivity contribution in [1.29, 1.82) is 0 Å². The van der Waals surface area contributed by atoms with E-state index in [-0.39, 0.29) is 6.04 Å². The molecule has 1 N–H and O–H groups in total. The molecular weight excluding hydrogens is 306 g/mol. The lowest BCUT2D eigenvalue weighted by Gasteiger charge is -2.31. The highest BCUT2D eigenvalue weighted by Crippen LogP contribution is 2.31. The number of aryl methyl sites for hydroxylation is 1. The molecule has 0 saturated carbocycles. The quantitative estimate of drug-likeness (QED) is 0.914. The third-order valence-corrected chi connectivity index (χ3v) is 4.70. The van der Waals surface area contributed by atoms with E-state index in [2.05, 4.69) is 41.4 Å². The molecule has 0 amide bonds. The lowest BCUT2D eigenvalue weighted by atomic mass is 9.95. The maximum absolute atomic E-state index is 14.5. The molecular formula is C20H24F2N2. The number of rotatable bonds is 4. The van der Waals surface area contributed by atoms with Gasteiger partial charge in [0.15, 0.2) is 0 Å². The Morgan fingerprint density at radius 1 is 1.04 bits per heavy atom. The number of hydrogen-bond donors (Lipinski definition) is 1. The molecule has 4 heteroatoms. The lowest BCUT2D eigenvalue weighted by molar-refractivity contribution is 0.236. The van der Waals surface area contributed by atoms with E-state index in [1.165, 1.54) is 11.6 Å². The van der Waals surface area contributed by atoms with Crippen molar-refractivity contribution >= 4 is 0 Å². The zero-order valence-electron chi connectivity index (χ0n) is 14.1. The molecule has 1 aliphatic rings. The summed E-state index contributed by atoms with van der Waals surface area (Å²) in [6.07, 6.45) is 2.00. The zero-order chi connectivity index (χ0) is 16.9. The third kappa shape index (κ3) is 3.82. The van der Waals surface area contributed by atoms with Crippen molar-refractivity contribution in [3.63, 3.8) is 0 Å². The van der Waals surface area contributed by atoms with Crippen LogP contribution in [0.4, 0.5) is 8.78 Å². The summed E-state index contributed by atoms with van der Waals surface area (Å²) in [4.78, 5) is 2.29. The Labute approximate surface area is 142 Å². The van der Waals surface area contributed by atoms with Crippen molar-refractivity contribution in [3.8, 4) is 0 Å². The van der Waals surface area contributed by atoms with Crippen LogP contribution in [0.5, 0.6) is 0 Å². The summed E-state index contributed by atoms with van der Waals surface area (Å²) >= 11 is 0. The Balaban J connectivity index is 2.01. The maximum atomic E-state index is 14.5. The molecule has 0 radical (unpaired) electrons. The van der Waals surface area contributed by atoms with Gasteiger partial charge >= 0.3 is 0 Å². The molecule has 2 nitrogen and oxygen atoms in total. The summed E-state index contributed by atoms with van der Waals surface area (Å²) < 4.78 is 27.9. The first-order chi connectivity index (χ1) is 11.7. The lowest BCUT2D eigenvalue weighted by Crippen LogP contribution is -2.33. The van der Waals surface area contributed by atoms with Gasteiger partial charge in [0.2, 0.25) is 0 Å². The molecule has 0 aromatic heterocycles. The van der Waals surface area contributed by atoms with Crippen LogP contribution in [0.2, 0.25) is 0 Å². The van der Waals surface area contributed by atoms with Crippen molar-refractivity contribution in [3.05, 3.63) is 70.8 Å². The van der Waals surface area contributed by atoms with Crippen molar-refractivity contribution in [2.24, 2.45) is 0 Å². The zero-order valence-corrected chi connectivity index (χ0v) is 14.1. The van der Waals surface area contributed by atoms with Crippen molar-refractivity contribution in [2.75, 3.05) is 26.2 Å². The minimum Gasteiger partial charge on any atom is -0.315 e. The van der Waals surface area contributed by atoms with E-state index >= 15 is 0 Å². The summed E-state index contributed by atoms with van der Waals surface area (Å²) in [6.45, 7) is 5.71. The van der Waals surface area contributed by atoms with Crippen molar-refractivity contribution in [2.45, 2.75) is 25.8 Å². The van der Waals surface area contributed by atoms with E-state index in [0.29, 0.717) is 5.56 Å². The van der Waals surface area contributed by atoms with E-state index in [9.17, 15) is 8.78 Å². The monoisotopic (exact) mass is 330 g/mol. The van der Waals surface area contributed by atoms with Gasteiger partial charge in [0.05, 0.1) is 6.04 Å². The van der Waals surface area contributed by atoms with E-state index in [1.807, 2.05) is 0 Å². The van der Waals surface area contributed by atoms with Crippen LogP contribution < -0.4 is 5.32 Å². The molecule has 0 spiro atoms. The van der Waals surface area contributed by atoms with Gasteiger partial charge < -0.3 is 5.32 Å². The first-order valence-electron chi connectivity index (χ1n) is 8.67. The highest BCUT2D eigenvalue weighted by Gasteiger charge is 2.25. The Morgan fingerprint density at radius 2 is 1.83 bits per heavy atom. The standard InChI is InChI=1S/C20H24F2N2/c1-2-15-4-6-16(7-5-15)20(24-12-3-10-23-11-13-24)18-9-8-17(21)14-19(18)22/h4-9,14,20,23H,2-3,10-13H2,1H3. The third-order valence-electron chi connectivity index (χ3n) is 4.70. The number of halogens is 2. The van der Waals surface area contributed by atoms with Crippen LogP contribution in [0.25, 0.3) is 0 Å². The van der Waals surface area contributed by atoms with Gasteiger partial charge in [0.25, 0.3) is 0 Å². The van der Waals surface area contributed by atoms with E-state index in [1.54, 1.807) is 6.07 Å². The molecule has 0 aliphatic carbocycles. The normalized spacial score (nSPS) is 17.5. The van der Waals surface area contributed by atoms with Gasteiger partial charge in [-0.25, -0.2) is 8.78 Å². The minimum absolute atomic E-state index is 0.184. The molecule has 1 fully saturated rings. The topological polar surface area (TPSA) is 15.3 Å². The molecule has 1 heterocycles. The summed E-state index contributed by atoms with van der Waals surface area (Å²) in [5, 5.41) is 3.38. The number of nitrogens with one attached hydrogen (secondary N) is 1. The van der Waals surface area contributed by atoms with E-state index in [4.69, 9.17) is 0 Å². The number of nitrogens with zero attached hydrogens (tertiary/aromatic N) is 1. The van der Waals surface area contributed by atoms with Crippen LogP contribution >= 0.6 is 0 Å². The second-order valence-corrected chi connectivity index (χ2v) is 6.30. The Bertz CT molecular complexity index is 662. The van der Waals surface area contributed by atoms with Gasteiger partial charge in [-0.15, -0.1) is 0 Å². The maximum Gasteiger partial charge on any atom is 0.131 e. The van der Waals surface area contributed by atoms with Gasteiger partial charge in [0.1, 0.15) is 11.6 Å². The largest absolute Gasteiger partial charge is 0.315 e. The highest BCUT2D eigenvalue weighted by molar-refractivity contribution is 5.35. The first-order valence-corrected chi connectivity index (χ1v) is 8.67. The highest BCUT2D eigenvalue weighted by atomic mass is 19.1. The van der Waals surface area contributed by atoms with Gasteiger partial charge in [-0.3, -0.25) is 4.90 Å². The average molecular weight is 330 g/mol. The van der Waals surface area contributed by atoms with Crippen molar-refractivity contribution < 1.29 is 8.78 Å². The van der Waals surface area contributed by atoms with Gasteiger partial charge in [-0.05, 0) is 36.6 Å². The molecule has 2 aromatic carbocycles. The fourth-order valence-corrected chi connectivity index (χ4v) is 3.37. The average Bonchev–Trinajstić information content (AvgIpc) is 2.87. The van der Waals surface area contributed by atoms with Crippen LogP contribution in [0.15, 0.2) is 42.5 Å². The molecule has 128 valence electrons. The van der Waals surface area contributed by atoms with Crippen LogP contribution in [0.1, 0.15) is 36.1 Å². The molecule has 1 unspecified atom stereocenters. The Hall–Kier alpha value is -1.78. The first kappa shape index (κ1) is 17.1. The fourth-order valence-electron chi connectivity index (χ4n) is 3.37. The van der Waals surface area contributed by atoms with Crippen LogP contribution in [0.3, 0.4) is 0 Å². The molecule has 1 saturated heterocycles. The molecule has 24 heavy (non-hydrogen) atoms. The van der Waals surface area contributed by atoms with Crippen molar-refractivity contribution in [1.82, 2.24) is 10.2 Å². The molecule has 3 rings (SSSR count).